The molecule has 1 atom stereocenters. The molecule has 5 rings (SSSR count). The summed E-state index contributed by atoms with van der Waals surface area (Å²) in [5.74, 6) is -1.06. The van der Waals surface area contributed by atoms with Gasteiger partial charge in [0.15, 0.2) is 5.65 Å². The highest BCUT2D eigenvalue weighted by Crippen LogP contribution is 2.33. The maximum absolute atomic E-state index is 13.4. The molecule has 0 spiro atoms. The van der Waals surface area contributed by atoms with Crippen molar-refractivity contribution in [1.82, 2.24) is 24.3 Å². The maximum Gasteiger partial charge on any atom is 0.304 e. The molecule has 0 saturated carbocycles. The fraction of sp³-hybridized carbons (Fsp3) is 0.250. The summed E-state index contributed by atoms with van der Waals surface area (Å²) < 4.78 is 35.3. The number of carbonyl (C=O) groups is 1. The lowest BCUT2D eigenvalue weighted by molar-refractivity contribution is -0.137. The minimum absolute atomic E-state index is 0.135. The van der Waals surface area contributed by atoms with Crippen molar-refractivity contribution in [3.8, 4) is 5.75 Å². The quantitative estimate of drug-likeness (QED) is 0.434. The molecule has 0 aliphatic carbocycles. The van der Waals surface area contributed by atoms with Crippen LogP contribution in [0.15, 0.2) is 65.7 Å². The van der Waals surface area contributed by atoms with Crippen LogP contribution in [0, 0.1) is 6.92 Å². The second kappa shape index (κ2) is 9.08. The molecule has 35 heavy (non-hydrogen) atoms. The number of para-hydroxylation sites is 1. The topological polar surface area (TPSA) is 127 Å². The third kappa shape index (κ3) is 4.47. The minimum atomic E-state index is -3.77. The third-order valence-electron chi connectivity index (χ3n) is 6.19. The molecule has 180 valence electrons. The number of aromatic nitrogens is 4. The zero-order valence-electron chi connectivity index (χ0n) is 18.9. The van der Waals surface area contributed by atoms with Gasteiger partial charge in [0.05, 0.1) is 6.42 Å². The summed E-state index contributed by atoms with van der Waals surface area (Å²) in [7, 11) is -3.77. The Bertz CT molecular complexity index is 1520. The number of sulfonamides is 1. The number of ether oxygens (including phenoxy) is 1. The zero-order chi connectivity index (χ0) is 24.6. The number of pyridine rings is 1. The number of benzene rings is 2. The molecule has 1 N–H and O–H groups in total. The van der Waals surface area contributed by atoms with Crippen LogP contribution in [-0.2, 0) is 21.4 Å². The molecule has 3 heterocycles. The average molecular weight is 494 g/mol. The SMILES string of the molecule is Cc1ccc(C(CC(=O)O)c2ccn3nnnc3c2)cc1CN1CCOc2ccccc2S1(=O)=O. The van der Waals surface area contributed by atoms with E-state index >= 15 is 0 Å². The number of fused-ring (bicyclic) bond motifs is 2. The molecule has 0 amide bonds. The lowest BCUT2D eigenvalue weighted by atomic mass is 9.87. The number of rotatable bonds is 6. The van der Waals surface area contributed by atoms with Crippen molar-refractivity contribution in [2.24, 2.45) is 0 Å². The lowest BCUT2D eigenvalue weighted by Gasteiger charge is -2.22. The van der Waals surface area contributed by atoms with Crippen molar-refractivity contribution in [2.45, 2.75) is 30.7 Å². The maximum atomic E-state index is 13.4. The molecule has 4 aromatic rings. The molecule has 11 heteroatoms. The molecule has 0 radical (unpaired) electrons. The van der Waals surface area contributed by atoms with Crippen LogP contribution in [0.2, 0.25) is 0 Å². The Morgan fingerprint density at radius 3 is 2.77 bits per heavy atom. The van der Waals surface area contributed by atoms with Crippen LogP contribution in [0.3, 0.4) is 0 Å². The first-order valence-corrected chi connectivity index (χ1v) is 12.5. The number of carboxylic acids is 1. The van der Waals surface area contributed by atoms with Gasteiger partial charge in [0.25, 0.3) is 0 Å². The Hall–Kier alpha value is -3.83. The second-order valence-corrected chi connectivity index (χ2v) is 10.3. The van der Waals surface area contributed by atoms with Gasteiger partial charge in [-0.15, -0.1) is 5.10 Å². The van der Waals surface area contributed by atoms with Crippen molar-refractivity contribution in [2.75, 3.05) is 13.2 Å². The Morgan fingerprint density at radius 2 is 1.94 bits per heavy atom. The van der Waals surface area contributed by atoms with Gasteiger partial charge >= 0.3 is 5.97 Å². The average Bonchev–Trinajstić information content (AvgIpc) is 3.26. The molecule has 1 aliphatic heterocycles. The van der Waals surface area contributed by atoms with Crippen LogP contribution < -0.4 is 4.74 Å². The normalized spacial score (nSPS) is 16.3. The van der Waals surface area contributed by atoms with Crippen LogP contribution in [0.4, 0.5) is 0 Å². The summed E-state index contributed by atoms with van der Waals surface area (Å²) in [6.45, 7) is 2.50. The molecule has 2 aromatic heterocycles. The summed E-state index contributed by atoms with van der Waals surface area (Å²) in [6, 6.07) is 15.8. The highest BCUT2D eigenvalue weighted by Gasteiger charge is 2.31. The number of carboxylic acid groups (broad SMARTS) is 1. The van der Waals surface area contributed by atoms with Crippen LogP contribution >= 0.6 is 0 Å². The molecule has 0 bridgehead atoms. The number of nitrogens with zero attached hydrogens (tertiary/aromatic N) is 5. The second-order valence-electron chi connectivity index (χ2n) is 8.41. The Kier molecular flexibility index (Phi) is 5.95. The smallest absolute Gasteiger partial charge is 0.304 e. The molecule has 1 unspecified atom stereocenters. The van der Waals surface area contributed by atoms with Gasteiger partial charge in [-0.3, -0.25) is 4.79 Å². The molecule has 10 nitrogen and oxygen atoms in total. The van der Waals surface area contributed by atoms with Crippen LogP contribution in [-0.4, -0.2) is 57.0 Å². The van der Waals surface area contributed by atoms with E-state index in [1.807, 2.05) is 25.1 Å². The van der Waals surface area contributed by atoms with Crippen LogP contribution in [0.25, 0.3) is 5.65 Å². The van der Waals surface area contributed by atoms with Crippen LogP contribution in [0.1, 0.15) is 34.6 Å². The Labute approximate surface area is 201 Å². The predicted molar refractivity (Wildman–Crippen MR) is 126 cm³/mol. The lowest BCUT2D eigenvalue weighted by Crippen LogP contribution is -2.32. The van der Waals surface area contributed by atoms with Crippen molar-refractivity contribution >= 4 is 21.6 Å². The molecule has 0 fully saturated rings. The van der Waals surface area contributed by atoms with Gasteiger partial charge in [-0.1, -0.05) is 30.3 Å². The summed E-state index contributed by atoms with van der Waals surface area (Å²) >= 11 is 0. The number of tetrazole rings is 1. The van der Waals surface area contributed by atoms with Gasteiger partial charge in [-0.05, 0) is 63.9 Å². The highest BCUT2D eigenvalue weighted by molar-refractivity contribution is 7.89. The van der Waals surface area contributed by atoms with E-state index < -0.39 is 21.9 Å². The van der Waals surface area contributed by atoms with Gasteiger partial charge in [0, 0.05) is 25.2 Å². The monoisotopic (exact) mass is 493 g/mol. The largest absolute Gasteiger partial charge is 0.491 e. The van der Waals surface area contributed by atoms with Gasteiger partial charge in [0.1, 0.15) is 17.3 Å². The standard InChI is InChI=1S/C24H23N5O5S/c1-16-6-7-17(20(14-24(30)31)18-8-9-29-23(13-18)25-26-27-29)12-19(16)15-28-10-11-34-21-4-2-3-5-22(21)35(28,32)33/h2-9,12-13,20H,10-11,14-15H2,1H3,(H,30,31). The van der Waals surface area contributed by atoms with Gasteiger partial charge in [-0.2, -0.15) is 4.31 Å². The summed E-state index contributed by atoms with van der Waals surface area (Å²) in [4.78, 5) is 11.9. The molecular weight excluding hydrogens is 470 g/mol. The van der Waals surface area contributed by atoms with Crippen molar-refractivity contribution in [3.63, 3.8) is 0 Å². The van der Waals surface area contributed by atoms with E-state index in [2.05, 4.69) is 15.5 Å². The van der Waals surface area contributed by atoms with E-state index in [0.717, 1.165) is 22.3 Å². The predicted octanol–water partition coefficient (Wildman–Crippen LogP) is 2.62. The van der Waals surface area contributed by atoms with Crippen molar-refractivity contribution in [1.29, 1.82) is 0 Å². The summed E-state index contributed by atoms with van der Waals surface area (Å²) in [5.41, 5.74) is 3.75. The third-order valence-corrected chi connectivity index (χ3v) is 8.08. The molecule has 1 aliphatic rings. The van der Waals surface area contributed by atoms with E-state index in [1.54, 1.807) is 42.6 Å². The summed E-state index contributed by atoms with van der Waals surface area (Å²) in [6.07, 6.45) is 1.55. The Morgan fingerprint density at radius 1 is 1.14 bits per heavy atom. The van der Waals surface area contributed by atoms with E-state index in [0.29, 0.717) is 11.4 Å². The molecular formula is C24H23N5O5S. The Balaban J connectivity index is 1.51. The fourth-order valence-electron chi connectivity index (χ4n) is 4.31. The van der Waals surface area contributed by atoms with E-state index in [-0.39, 0.29) is 31.0 Å². The van der Waals surface area contributed by atoms with E-state index in [9.17, 15) is 18.3 Å². The van der Waals surface area contributed by atoms with Gasteiger partial charge in [-0.25, -0.2) is 12.9 Å². The molecule has 0 saturated heterocycles. The van der Waals surface area contributed by atoms with E-state index in [1.165, 1.54) is 8.82 Å². The van der Waals surface area contributed by atoms with Gasteiger partial charge in [0.2, 0.25) is 10.0 Å². The van der Waals surface area contributed by atoms with Crippen LogP contribution in [0.5, 0.6) is 5.75 Å². The van der Waals surface area contributed by atoms with E-state index in [4.69, 9.17) is 4.74 Å². The highest BCUT2D eigenvalue weighted by atomic mass is 32.2. The first kappa shape index (κ1) is 22.9. The number of hydrogen-bond acceptors (Lipinski definition) is 7. The first-order valence-electron chi connectivity index (χ1n) is 11.0. The zero-order valence-corrected chi connectivity index (χ0v) is 19.7. The molecule has 2 aromatic carbocycles. The number of hydrogen-bond donors (Lipinski definition) is 1. The van der Waals surface area contributed by atoms with Gasteiger partial charge < -0.3 is 9.84 Å². The first-order chi connectivity index (χ1) is 16.8. The number of aliphatic carboxylic acids is 1. The van der Waals surface area contributed by atoms with Crippen molar-refractivity contribution in [3.05, 3.63) is 83.0 Å². The summed E-state index contributed by atoms with van der Waals surface area (Å²) in [5, 5.41) is 21.1. The minimum Gasteiger partial charge on any atom is -0.491 e. The number of aryl methyl sites for hydroxylation is 1. The van der Waals surface area contributed by atoms with Crippen molar-refractivity contribution < 1.29 is 23.1 Å². The fourth-order valence-corrected chi connectivity index (χ4v) is 5.84.